The average Bonchev–Trinajstić information content (AvgIpc) is 3.44. The predicted octanol–water partition coefficient (Wildman–Crippen LogP) is 1.91. The van der Waals surface area contributed by atoms with Gasteiger partial charge < -0.3 is 20.5 Å². The quantitative estimate of drug-likeness (QED) is 0.624. The topological polar surface area (TPSA) is 111 Å². The monoisotopic (exact) mass is 453 g/mol. The highest BCUT2D eigenvalue weighted by molar-refractivity contribution is 5.99. The first kappa shape index (κ1) is 21.6. The lowest BCUT2D eigenvalue weighted by Crippen LogP contribution is -2.40. The minimum Gasteiger partial charge on any atom is -0.349 e. The smallest absolute Gasteiger partial charge is 0.256 e. The van der Waals surface area contributed by atoms with Gasteiger partial charge in [-0.05, 0) is 50.7 Å². The normalized spacial score (nSPS) is 23.2. The van der Waals surface area contributed by atoms with E-state index < -0.39 is 5.82 Å². The van der Waals surface area contributed by atoms with Crippen LogP contribution < -0.4 is 21.5 Å². The van der Waals surface area contributed by atoms with E-state index in [4.69, 9.17) is 10.7 Å². The zero-order valence-electron chi connectivity index (χ0n) is 18.6. The molecule has 0 spiro atoms. The number of amides is 1. The highest BCUT2D eigenvalue weighted by Gasteiger charge is 2.31. The fraction of sp³-hybridized carbons (Fsp3) is 0.478. The number of aryl methyl sites for hydroxylation is 1. The first-order valence-corrected chi connectivity index (χ1v) is 11.4. The van der Waals surface area contributed by atoms with Crippen LogP contribution >= 0.6 is 0 Å². The number of halogens is 1. The summed E-state index contributed by atoms with van der Waals surface area (Å²) >= 11 is 0. The van der Waals surface area contributed by atoms with Gasteiger partial charge >= 0.3 is 0 Å². The molecule has 10 heteroatoms. The fourth-order valence-corrected chi connectivity index (χ4v) is 5.00. The second-order valence-corrected chi connectivity index (χ2v) is 9.08. The molecule has 2 fully saturated rings. The highest BCUT2D eigenvalue weighted by atomic mass is 19.1. The molecule has 3 N–H and O–H groups in total. The van der Waals surface area contributed by atoms with Crippen molar-refractivity contribution in [3.63, 3.8) is 0 Å². The molecular weight excluding hydrogens is 425 g/mol. The highest BCUT2D eigenvalue weighted by Crippen LogP contribution is 2.34. The number of anilines is 1. The van der Waals surface area contributed by atoms with Crippen LogP contribution in [0.5, 0.6) is 0 Å². The van der Waals surface area contributed by atoms with E-state index in [-0.39, 0.29) is 29.6 Å². The number of nitrogens with zero attached hydrogens (tertiary/aromatic N) is 5. The molecule has 1 saturated carbocycles. The number of pyridine rings is 1. The van der Waals surface area contributed by atoms with Crippen molar-refractivity contribution in [2.24, 2.45) is 12.8 Å². The molecule has 0 radical (unpaired) electrons. The van der Waals surface area contributed by atoms with E-state index in [1.165, 1.54) is 23.0 Å². The number of nitrogens with two attached hydrogens (primary N) is 1. The standard InChI is InChI=1S/C23H28FN7O2/c1-29-13-14(24)11-17(23(29)33)19-3-2-9-30(19)20-8-10-31-21(28-20)18(12-26-31)22(32)27-16-6-4-15(25)5-7-16/h8,10-13,15-16,19H,2-7,9,25H2,1H3,(H,27,32)/t15?,16?,19-/m1/s1. The molecule has 5 rings (SSSR count). The zero-order chi connectivity index (χ0) is 23.1. The Morgan fingerprint density at radius 1 is 1.24 bits per heavy atom. The minimum atomic E-state index is -0.444. The molecule has 174 valence electrons. The van der Waals surface area contributed by atoms with Crippen LogP contribution in [0, 0.1) is 5.82 Å². The van der Waals surface area contributed by atoms with Gasteiger partial charge in [0.2, 0.25) is 0 Å². The molecule has 3 aromatic rings. The lowest BCUT2D eigenvalue weighted by atomic mass is 9.92. The third kappa shape index (κ3) is 4.10. The van der Waals surface area contributed by atoms with Gasteiger partial charge in [-0.1, -0.05) is 0 Å². The van der Waals surface area contributed by atoms with Gasteiger partial charge in [0.25, 0.3) is 11.5 Å². The van der Waals surface area contributed by atoms with Gasteiger partial charge in [0.05, 0.1) is 12.2 Å². The van der Waals surface area contributed by atoms with Gasteiger partial charge in [0.1, 0.15) is 17.2 Å². The van der Waals surface area contributed by atoms with Crippen LogP contribution in [0.15, 0.2) is 35.5 Å². The van der Waals surface area contributed by atoms with Gasteiger partial charge in [-0.2, -0.15) is 5.10 Å². The number of hydrogen-bond acceptors (Lipinski definition) is 6. The van der Waals surface area contributed by atoms with E-state index in [2.05, 4.69) is 10.4 Å². The Morgan fingerprint density at radius 2 is 2.03 bits per heavy atom. The Balaban J connectivity index is 1.43. The van der Waals surface area contributed by atoms with Crippen LogP contribution in [-0.2, 0) is 7.05 Å². The van der Waals surface area contributed by atoms with Gasteiger partial charge in [-0.15, -0.1) is 0 Å². The SMILES string of the molecule is Cn1cc(F)cc([C@H]2CCCN2c2ccn3ncc(C(=O)NC4CCC(N)CC4)c3n2)c1=O. The summed E-state index contributed by atoms with van der Waals surface area (Å²) in [5.41, 5.74) is 7.03. The van der Waals surface area contributed by atoms with Gasteiger partial charge in [-0.25, -0.2) is 13.9 Å². The first-order chi connectivity index (χ1) is 15.9. The van der Waals surface area contributed by atoms with E-state index in [1.54, 1.807) is 17.8 Å². The Kier molecular flexibility index (Phi) is 5.61. The number of hydrogen-bond donors (Lipinski definition) is 2. The first-order valence-electron chi connectivity index (χ1n) is 11.4. The van der Waals surface area contributed by atoms with Crippen molar-refractivity contribution < 1.29 is 9.18 Å². The Labute approximate surface area is 190 Å². The summed E-state index contributed by atoms with van der Waals surface area (Å²) in [5, 5.41) is 7.37. The summed E-state index contributed by atoms with van der Waals surface area (Å²) < 4.78 is 16.9. The van der Waals surface area contributed by atoms with E-state index in [1.807, 2.05) is 11.0 Å². The molecule has 9 nitrogen and oxygen atoms in total. The number of carbonyl (C=O) groups excluding carboxylic acids is 1. The summed E-state index contributed by atoms with van der Waals surface area (Å²) in [6.07, 6.45) is 9.58. The average molecular weight is 454 g/mol. The number of carbonyl (C=O) groups is 1. The van der Waals surface area contributed by atoms with Crippen LogP contribution in [0.2, 0.25) is 0 Å². The Bertz CT molecular complexity index is 1250. The maximum atomic E-state index is 14.1. The molecule has 1 saturated heterocycles. The van der Waals surface area contributed by atoms with Crippen LogP contribution in [0.4, 0.5) is 10.2 Å². The molecule has 0 unspecified atom stereocenters. The molecular formula is C23H28FN7O2. The van der Waals surface area contributed by atoms with E-state index in [9.17, 15) is 14.0 Å². The summed E-state index contributed by atoms with van der Waals surface area (Å²) in [6, 6.07) is 3.16. The third-order valence-corrected chi connectivity index (χ3v) is 6.79. The Hall–Kier alpha value is -3.27. The van der Waals surface area contributed by atoms with E-state index in [0.29, 0.717) is 29.1 Å². The van der Waals surface area contributed by atoms with Crippen molar-refractivity contribution in [1.29, 1.82) is 0 Å². The molecule has 2 aliphatic rings. The molecule has 1 atom stereocenters. The molecule has 33 heavy (non-hydrogen) atoms. The number of fused-ring (bicyclic) bond motifs is 1. The molecule has 4 heterocycles. The molecule has 0 bridgehead atoms. The van der Waals surface area contributed by atoms with Gasteiger partial charge in [0.15, 0.2) is 5.65 Å². The van der Waals surface area contributed by atoms with Crippen molar-refractivity contribution in [1.82, 2.24) is 24.5 Å². The summed E-state index contributed by atoms with van der Waals surface area (Å²) in [5.74, 6) is -0.0117. The van der Waals surface area contributed by atoms with Gasteiger partial charge in [-0.3, -0.25) is 9.59 Å². The summed E-state index contributed by atoms with van der Waals surface area (Å²) in [7, 11) is 1.55. The number of rotatable bonds is 4. The molecule has 3 aromatic heterocycles. The molecule has 1 aliphatic carbocycles. The second-order valence-electron chi connectivity index (χ2n) is 9.08. The van der Waals surface area contributed by atoms with Crippen molar-refractivity contribution in [3.8, 4) is 0 Å². The number of nitrogens with one attached hydrogen (secondary N) is 1. The maximum absolute atomic E-state index is 14.1. The van der Waals surface area contributed by atoms with Gasteiger partial charge in [0, 0.05) is 43.6 Å². The lowest BCUT2D eigenvalue weighted by molar-refractivity contribution is 0.0927. The van der Waals surface area contributed by atoms with Crippen molar-refractivity contribution >= 4 is 17.4 Å². The predicted molar refractivity (Wildman–Crippen MR) is 122 cm³/mol. The number of aromatic nitrogens is 4. The Morgan fingerprint density at radius 3 is 2.82 bits per heavy atom. The van der Waals surface area contributed by atoms with Crippen LogP contribution in [-0.4, -0.2) is 43.7 Å². The van der Waals surface area contributed by atoms with Crippen molar-refractivity contribution in [3.05, 3.63) is 58.0 Å². The maximum Gasteiger partial charge on any atom is 0.256 e. The summed E-state index contributed by atoms with van der Waals surface area (Å²) in [4.78, 5) is 32.4. The minimum absolute atomic E-state index is 0.0996. The van der Waals surface area contributed by atoms with Crippen molar-refractivity contribution in [2.45, 2.75) is 56.7 Å². The molecule has 0 aromatic carbocycles. The van der Waals surface area contributed by atoms with Crippen LogP contribution in [0.1, 0.15) is 60.5 Å². The fourth-order valence-electron chi connectivity index (χ4n) is 5.00. The van der Waals surface area contributed by atoms with Crippen molar-refractivity contribution in [2.75, 3.05) is 11.4 Å². The molecule has 1 amide bonds. The van der Waals surface area contributed by atoms with E-state index in [0.717, 1.165) is 38.5 Å². The van der Waals surface area contributed by atoms with Crippen LogP contribution in [0.3, 0.4) is 0 Å². The second kappa shape index (κ2) is 8.58. The summed E-state index contributed by atoms with van der Waals surface area (Å²) in [6.45, 7) is 0.686. The largest absolute Gasteiger partial charge is 0.349 e. The lowest BCUT2D eigenvalue weighted by Gasteiger charge is -2.27. The zero-order valence-corrected chi connectivity index (χ0v) is 18.6. The molecule has 1 aliphatic heterocycles. The van der Waals surface area contributed by atoms with E-state index >= 15 is 0 Å². The third-order valence-electron chi connectivity index (χ3n) is 6.79. The van der Waals surface area contributed by atoms with Crippen LogP contribution in [0.25, 0.3) is 5.65 Å².